The van der Waals surface area contributed by atoms with Gasteiger partial charge in [0.25, 0.3) is 0 Å². The predicted molar refractivity (Wildman–Crippen MR) is 142 cm³/mol. The van der Waals surface area contributed by atoms with E-state index in [9.17, 15) is 9.59 Å². The molecule has 1 aromatic heterocycles. The molecule has 0 bridgehead atoms. The first kappa shape index (κ1) is 23.2. The lowest BCUT2D eigenvalue weighted by Crippen LogP contribution is -2.50. The summed E-state index contributed by atoms with van der Waals surface area (Å²) in [6.07, 6.45) is 1.94. The Kier molecular flexibility index (Phi) is 5.88. The molecule has 2 N–H and O–H groups in total. The normalized spacial score (nSPS) is 19.6. The number of amides is 2. The van der Waals surface area contributed by atoms with E-state index >= 15 is 0 Å². The molecule has 0 saturated carbocycles. The fourth-order valence-corrected chi connectivity index (χ4v) is 5.39. The van der Waals surface area contributed by atoms with Gasteiger partial charge in [0.1, 0.15) is 17.6 Å². The first-order chi connectivity index (χ1) is 18.0. The van der Waals surface area contributed by atoms with E-state index in [1.54, 1.807) is 7.11 Å². The molecule has 2 amide bonds. The standard InChI is InChI=1S/C29H29N5O3/c1-33-11-12-34(27(35)15-23-22-14-21(37-2)9-10-24(22)32-29(23)36)26(17-33)28-30-16-25(31-28)20-8-7-18-5-3-4-6-19(18)13-20/h3-10,13-14,16,23,26H,11-12,15,17H2,1-2H3,(H,30,31)(H,32,36)/t23-,26?/m0/s1. The predicted octanol–water partition coefficient (Wildman–Crippen LogP) is 4.18. The molecule has 4 aromatic rings. The number of benzene rings is 3. The molecule has 1 saturated heterocycles. The number of aromatic nitrogens is 2. The minimum absolute atomic E-state index is 0.0578. The number of hydrogen-bond acceptors (Lipinski definition) is 5. The third kappa shape index (κ3) is 4.34. The number of rotatable bonds is 5. The van der Waals surface area contributed by atoms with E-state index in [0.717, 1.165) is 40.3 Å². The van der Waals surface area contributed by atoms with Gasteiger partial charge >= 0.3 is 0 Å². The number of H-pyrrole nitrogens is 1. The van der Waals surface area contributed by atoms with Crippen molar-refractivity contribution in [2.75, 3.05) is 39.1 Å². The highest BCUT2D eigenvalue weighted by molar-refractivity contribution is 6.05. The number of carbonyl (C=O) groups is 2. The second-order valence-electron chi connectivity index (χ2n) is 9.81. The number of likely N-dealkylation sites (N-methyl/N-ethyl adjacent to an activating group) is 1. The highest BCUT2D eigenvalue weighted by Gasteiger charge is 2.37. The van der Waals surface area contributed by atoms with Crippen LogP contribution in [0.1, 0.15) is 29.8 Å². The van der Waals surface area contributed by atoms with Gasteiger partial charge in [-0.15, -0.1) is 0 Å². The summed E-state index contributed by atoms with van der Waals surface area (Å²) >= 11 is 0. The van der Waals surface area contributed by atoms with Gasteiger partial charge in [-0.2, -0.15) is 0 Å². The lowest BCUT2D eigenvalue weighted by molar-refractivity contribution is -0.138. The van der Waals surface area contributed by atoms with Gasteiger partial charge in [0, 0.05) is 37.3 Å². The maximum atomic E-state index is 13.6. The molecule has 0 radical (unpaired) electrons. The van der Waals surface area contributed by atoms with Crippen molar-refractivity contribution < 1.29 is 14.3 Å². The Morgan fingerprint density at radius 2 is 1.92 bits per heavy atom. The minimum Gasteiger partial charge on any atom is -0.497 e. The Morgan fingerprint density at radius 1 is 1.08 bits per heavy atom. The van der Waals surface area contributed by atoms with Crippen LogP contribution >= 0.6 is 0 Å². The highest BCUT2D eigenvalue weighted by atomic mass is 16.5. The van der Waals surface area contributed by atoms with Crippen LogP contribution in [-0.4, -0.2) is 65.4 Å². The average molecular weight is 496 g/mol. The van der Waals surface area contributed by atoms with E-state index in [-0.39, 0.29) is 24.3 Å². The smallest absolute Gasteiger partial charge is 0.232 e. The molecule has 1 unspecified atom stereocenters. The van der Waals surface area contributed by atoms with Gasteiger partial charge in [0.05, 0.1) is 24.9 Å². The minimum atomic E-state index is -0.539. The molecule has 3 aromatic carbocycles. The van der Waals surface area contributed by atoms with Gasteiger partial charge in [-0.05, 0) is 47.6 Å². The largest absolute Gasteiger partial charge is 0.497 e. The van der Waals surface area contributed by atoms with Crippen molar-refractivity contribution in [2.45, 2.75) is 18.4 Å². The zero-order chi connectivity index (χ0) is 25.5. The van der Waals surface area contributed by atoms with E-state index in [4.69, 9.17) is 9.72 Å². The maximum absolute atomic E-state index is 13.6. The number of carbonyl (C=O) groups excluding carboxylic acids is 2. The number of aromatic amines is 1. The summed E-state index contributed by atoms with van der Waals surface area (Å²) in [6, 6.07) is 19.8. The van der Waals surface area contributed by atoms with Gasteiger partial charge < -0.3 is 24.8 Å². The van der Waals surface area contributed by atoms with Crippen LogP contribution in [0.3, 0.4) is 0 Å². The number of ether oxygens (including phenoxy) is 1. The molecule has 8 heteroatoms. The van der Waals surface area contributed by atoms with Crippen LogP contribution in [0.15, 0.2) is 66.9 Å². The fraction of sp³-hybridized carbons (Fsp3) is 0.276. The summed E-state index contributed by atoms with van der Waals surface area (Å²) in [6.45, 7) is 2.00. The van der Waals surface area contributed by atoms with Gasteiger partial charge in [-0.1, -0.05) is 36.4 Å². The molecular weight excluding hydrogens is 466 g/mol. The van der Waals surface area contributed by atoms with Crippen LogP contribution in [0.2, 0.25) is 0 Å². The zero-order valence-corrected chi connectivity index (χ0v) is 20.9. The lowest BCUT2D eigenvalue weighted by Gasteiger charge is -2.39. The second kappa shape index (κ2) is 9.37. The first-order valence-electron chi connectivity index (χ1n) is 12.5. The molecule has 6 rings (SSSR count). The van der Waals surface area contributed by atoms with Crippen molar-refractivity contribution in [1.29, 1.82) is 0 Å². The molecule has 2 atom stereocenters. The quantitative estimate of drug-likeness (QED) is 0.434. The Bertz CT molecular complexity index is 1500. The van der Waals surface area contributed by atoms with Crippen molar-refractivity contribution in [3.05, 3.63) is 78.2 Å². The molecule has 0 spiro atoms. The van der Waals surface area contributed by atoms with Crippen LogP contribution in [0.4, 0.5) is 5.69 Å². The number of hydrogen-bond donors (Lipinski definition) is 2. The number of piperazine rings is 1. The van der Waals surface area contributed by atoms with Gasteiger partial charge in [0.15, 0.2) is 0 Å². The van der Waals surface area contributed by atoms with Crippen molar-refractivity contribution in [2.24, 2.45) is 0 Å². The summed E-state index contributed by atoms with van der Waals surface area (Å²) in [5.41, 5.74) is 3.51. The van der Waals surface area contributed by atoms with E-state index in [0.29, 0.717) is 18.8 Å². The van der Waals surface area contributed by atoms with Gasteiger partial charge in [-0.25, -0.2) is 4.98 Å². The number of methoxy groups -OCH3 is 1. The van der Waals surface area contributed by atoms with Crippen molar-refractivity contribution in [3.63, 3.8) is 0 Å². The van der Waals surface area contributed by atoms with E-state index in [2.05, 4.69) is 52.6 Å². The van der Waals surface area contributed by atoms with E-state index in [1.807, 2.05) is 41.4 Å². The molecule has 188 valence electrons. The lowest BCUT2D eigenvalue weighted by atomic mass is 9.95. The molecule has 1 fully saturated rings. The highest BCUT2D eigenvalue weighted by Crippen LogP contribution is 2.38. The number of fused-ring (bicyclic) bond motifs is 2. The summed E-state index contributed by atoms with van der Waals surface area (Å²) in [5, 5.41) is 5.25. The summed E-state index contributed by atoms with van der Waals surface area (Å²) in [7, 11) is 3.64. The number of nitrogens with zero attached hydrogens (tertiary/aromatic N) is 3. The Morgan fingerprint density at radius 3 is 2.76 bits per heavy atom. The van der Waals surface area contributed by atoms with E-state index in [1.165, 1.54) is 5.39 Å². The molecular formula is C29H29N5O3. The fourth-order valence-electron chi connectivity index (χ4n) is 5.39. The first-order valence-corrected chi connectivity index (χ1v) is 12.5. The SMILES string of the molecule is COc1ccc2c(c1)[C@H](CC(=O)N1CCN(C)CC1c1ncc(-c3ccc4ccccc4c3)[nH]1)C(=O)N2. The topological polar surface area (TPSA) is 90.6 Å². The number of imidazole rings is 1. The molecule has 0 aliphatic carbocycles. The molecule has 3 heterocycles. The molecule has 2 aliphatic rings. The third-order valence-corrected chi connectivity index (χ3v) is 7.46. The summed E-state index contributed by atoms with van der Waals surface area (Å²) in [5.74, 6) is 0.669. The molecule has 8 nitrogen and oxygen atoms in total. The Labute approximate surface area is 215 Å². The number of anilines is 1. The summed E-state index contributed by atoms with van der Waals surface area (Å²) < 4.78 is 5.34. The third-order valence-electron chi connectivity index (χ3n) is 7.46. The van der Waals surface area contributed by atoms with Crippen LogP contribution < -0.4 is 10.1 Å². The molecule has 37 heavy (non-hydrogen) atoms. The van der Waals surface area contributed by atoms with Crippen LogP contribution in [-0.2, 0) is 9.59 Å². The Balaban J connectivity index is 1.25. The number of nitrogens with one attached hydrogen (secondary N) is 2. The van der Waals surface area contributed by atoms with Crippen molar-refractivity contribution >= 4 is 28.3 Å². The van der Waals surface area contributed by atoms with Crippen LogP contribution in [0.5, 0.6) is 5.75 Å². The van der Waals surface area contributed by atoms with Gasteiger partial charge in [0.2, 0.25) is 11.8 Å². The van der Waals surface area contributed by atoms with Crippen molar-refractivity contribution in [3.8, 4) is 17.0 Å². The molecule has 2 aliphatic heterocycles. The average Bonchev–Trinajstić information content (AvgIpc) is 3.53. The van der Waals surface area contributed by atoms with Gasteiger partial charge in [-0.3, -0.25) is 9.59 Å². The monoisotopic (exact) mass is 495 g/mol. The Hall–Kier alpha value is -4.17. The van der Waals surface area contributed by atoms with Crippen LogP contribution in [0.25, 0.3) is 22.0 Å². The van der Waals surface area contributed by atoms with Crippen molar-refractivity contribution in [1.82, 2.24) is 19.8 Å². The summed E-state index contributed by atoms with van der Waals surface area (Å²) in [4.78, 5) is 38.6. The van der Waals surface area contributed by atoms with E-state index < -0.39 is 5.92 Å². The van der Waals surface area contributed by atoms with Crippen LogP contribution in [0, 0.1) is 0 Å². The second-order valence-corrected chi connectivity index (χ2v) is 9.81. The maximum Gasteiger partial charge on any atom is 0.232 e. The zero-order valence-electron chi connectivity index (χ0n) is 20.9.